The average molecular weight is 285 g/mol. The summed E-state index contributed by atoms with van der Waals surface area (Å²) in [5, 5.41) is 0. The molecule has 1 heteroatoms. The molecule has 0 rings (SSSR count). The second-order valence-electron chi connectivity index (χ2n) is 6.14. The predicted octanol–water partition coefficient (Wildman–Crippen LogP) is 7.38. The molecule has 1 atom stereocenters. The van der Waals surface area contributed by atoms with E-state index in [2.05, 4.69) is 13.5 Å². The van der Waals surface area contributed by atoms with E-state index < -0.39 is 6.17 Å². The van der Waals surface area contributed by atoms with E-state index in [1.807, 2.05) is 6.08 Å². The van der Waals surface area contributed by atoms with Gasteiger partial charge < -0.3 is 0 Å². The van der Waals surface area contributed by atoms with Gasteiger partial charge in [0.25, 0.3) is 0 Å². The Morgan fingerprint density at radius 2 is 1.20 bits per heavy atom. The van der Waals surface area contributed by atoms with Crippen molar-refractivity contribution in [2.75, 3.05) is 0 Å². The molecule has 0 saturated carbocycles. The number of unbranched alkanes of at least 4 members (excludes halogenated alkanes) is 11. The smallest absolute Gasteiger partial charge is 0.100 e. The van der Waals surface area contributed by atoms with Crippen molar-refractivity contribution < 1.29 is 4.39 Å². The molecule has 0 heterocycles. The highest BCUT2D eigenvalue weighted by Crippen LogP contribution is 2.16. The zero-order chi connectivity index (χ0) is 14.9. The quantitative estimate of drug-likeness (QED) is 0.205. The van der Waals surface area contributed by atoms with Crippen LogP contribution in [0.1, 0.15) is 103 Å². The maximum Gasteiger partial charge on any atom is 0.100 e. The summed E-state index contributed by atoms with van der Waals surface area (Å²) in [6, 6.07) is 0. The Labute approximate surface area is 127 Å². The van der Waals surface area contributed by atoms with Crippen LogP contribution < -0.4 is 0 Å². The molecule has 0 nitrogen and oxygen atoms in total. The maximum absolute atomic E-state index is 13.6. The predicted molar refractivity (Wildman–Crippen MR) is 90.0 cm³/mol. The third-order valence-corrected chi connectivity index (χ3v) is 4.05. The maximum atomic E-state index is 13.6. The zero-order valence-electron chi connectivity index (χ0n) is 13.8. The first-order chi connectivity index (χ1) is 9.81. The molecule has 0 aliphatic heterocycles. The van der Waals surface area contributed by atoms with E-state index in [4.69, 9.17) is 0 Å². The van der Waals surface area contributed by atoms with Gasteiger partial charge in [0.05, 0.1) is 0 Å². The largest absolute Gasteiger partial charge is 0.247 e. The molecule has 0 N–H and O–H groups in total. The van der Waals surface area contributed by atoms with Crippen LogP contribution in [0.2, 0.25) is 0 Å². The van der Waals surface area contributed by atoms with E-state index in [1.54, 1.807) is 0 Å². The molecular weight excluding hydrogens is 247 g/mol. The summed E-state index contributed by atoms with van der Waals surface area (Å²) in [5.41, 5.74) is 0. The molecule has 0 aromatic rings. The second-order valence-corrected chi connectivity index (χ2v) is 6.14. The van der Waals surface area contributed by atoms with Gasteiger partial charge in [-0.2, -0.15) is 0 Å². The standard InChI is InChI=1S/C19H37F/c1-3-5-7-9-11-13-15-17-19(20)18-16-14-12-10-8-6-4-2/h3,19H,1,4-18H2,2H3/t19-/m0/s1. The first-order valence-electron chi connectivity index (χ1n) is 9.06. The number of halogens is 1. The van der Waals surface area contributed by atoms with Crippen molar-refractivity contribution in [1.29, 1.82) is 0 Å². The van der Waals surface area contributed by atoms with Gasteiger partial charge in [-0.3, -0.25) is 0 Å². The molecular formula is C19H37F. The van der Waals surface area contributed by atoms with Crippen molar-refractivity contribution in [3.05, 3.63) is 12.7 Å². The highest BCUT2D eigenvalue weighted by atomic mass is 19.1. The molecule has 0 fully saturated rings. The fraction of sp³-hybridized carbons (Fsp3) is 0.895. The van der Waals surface area contributed by atoms with Crippen molar-refractivity contribution in [2.24, 2.45) is 0 Å². The summed E-state index contributed by atoms with van der Waals surface area (Å²) in [6.07, 6.45) is 19.2. The van der Waals surface area contributed by atoms with Crippen LogP contribution in [0.3, 0.4) is 0 Å². The summed E-state index contributed by atoms with van der Waals surface area (Å²) < 4.78 is 13.6. The normalized spacial score (nSPS) is 12.5. The molecule has 0 radical (unpaired) electrons. The van der Waals surface area contributed by atoms with Gasteiger partial charge >= 0.3 is 0 Å². The minimum atomic E-state index is -0.543. The zero-order valence-corrected chi connectivity index (χ0v) is 13.8. The Balaban J connectivity index is 3.12. The molecule has 0 unspecified atom stereocenters. The molecule has 0 spiro atoms. The van der Waals surface area contributed by atoms with Crippen LogP contribution in [-0.4, -0.2) is 6.17 Å². The van der Waals surface area contributed by atoms with Crippen LogP contribution in [0.25, 0.3) is 0 Å². The van der Waals surface area contributed by atoms with Gasteiger partial charge in [0.2, 0.25) is 0 Å². The number of alkyl halides is 1. The van der Waals surface area contributed by atoms with E-state index in [-0.39, 0.29) is 0 Å². The van der Waals surface area contributed by atoms with E-state index in [9.17, 15) is 4.39 Å². The Morgan fingerprint density at radius 3 is 1.70 bits per heavy atom. The van der Waals surface area contributed by atoms with Gasteiger partial charge in [-0.25, -0.2) is 4.39 Å². The van der Waals surface area contributed by atoms with E-state index in [0.29, 0.717) is 0 Å². The summed E-state index contributed by atoms with van der Waals surface area (Å²) in [6.45, 7) is 5.97. The first-order valence-corrected chi connectivity index (χ1v) is 9.06. The lowest BCUT2D eigenvalue weighted by Gasteiger charge is -2.08. The van der Waals surface area contributed by atoms with Gasteiger partial charge in [-0.1, -0.05) is 83.6 Å². The summed E-state index contributed by atoms with van der Waals surface area (Å²) >= 11 is 0. The molecule has 0 aromatic carbocycles. The van der Waals surface area contributed by atoms with Crippen LogP contribution in [0.15, 0.2) is 12.7 Å². The molecule has 20 heavy (non-hydrogen) atoms. The van der Waals surface area contributed by atoms with Crippen LogP contribution >= 0.6 is 0 Å². The van der Waals surface area contributed by atoms with E-state index >= 15 is 0 Å². The molecule has 0 saturated heterocycles. The highest BCUT2D eigenvalue weighted by Gasteiger charge is 2.05. The van der Waals surface area contributed by atoms with Crippen LogP contribution in [0.4, 0.5) is 4.39 Å². The summed E-state index contributed by atoms with van der Waals surface area (Å²) in [4.78, 5) is 0. The average Bonchev–Trinajstić information content (AvgIpc) is 2.45. The Kier molecular flexibility index (Phi) is 16.4. The van der Waals surface area contributed by atoms with Crippen molar-refractivity contribution in [3.8, 4) is 0 Å². The lowest BCUT2D eigenvalue weighted by Crippen LogP contribution is -2.00. The lowest BCUT2D eigenvalue weighted by molar-refractivity contribution is 0.279. The monoisotopic (exact) mass is 284 g/mol. The molecule has 0 aromatic heterocycles. The van der Waals surface area contributed by atoms with Gasteiger partial charge in [-0.05, 0) is 25.7 Å². The fourth-order valence-electron chi connectivity index (χ4n) is 2.65. The number of allylic oxidation sites excluding steroid dienone is 1. The second kappa shape index (κ2) is 16.7. The highest BCUT2D eigenvalue weighted by molar-refractivity contribution is 4.65. The van der Waals surface area contributed by atoms with Crippen molar-refractivity contribution in [2.45, 2.75) is 109 Å². The number of rotatable bonds is 16. The number of hydrogen-bond donors (Lipinski definition) is 0. The Morgan fingerprint density at radius 1 is 0.750 bits per heavy atom. The fourth-order valence-corrected chi connectivity index (χ4v) is 2.65. The van der Waals surface area contributed by atoms with Crippen molar-refractivity contribution >= 4 is 0 Å². The molecule has 0 aliphatic carbocycles. The molecule has 0 bridgehead atoms. The van der Waals surface area contributed by atoms with Crippen molar-refractivity contribution in [3.63, 3.8) is 0 Å². The minimum Gasteiger partial charge on any atom is -0.247 e. The Bertz CT molecular complexity index is 188. The summed E-state index contributed by atoms with van der Waals surface area (Å²) in [7, 11) is 0. The topological polar surface area (TPSA) is 0 Å². The van der Waals surface area contributed by atoms with E-state index in [0.717, 1.165) is 32.1 Å². The third-order valence-electron chi connectivity index (χ3n) is 4.05. The first kappa shape index (κ1) is 19.7. The van der Waals surface area contributed by atoms with Gasteiger partial charge in [-0.15, -0.1) is 6.58 Å². The minimum absolute atomic E-state index is 0.543. The van der Waals surface area contributed by atoms with Crippen LogP contribution in [0.5, 0.6) is 0 Å². The van der Waals surface area contributed by atoms with Crippen LogP contribution in [-0.2, 0) is 0 Å². The van der Waals surface area contributed by atoms with E-state index in [1.165, 1.54) is 64.2 Å². The van der Waals surface area contributed by atoms with Gasteiger partial charge in [0.15, 0.2) is 0 Å². The van der Waals surface area contributed by atoms with Crippen LogP contribution in [0, 0.1) is 0 Å². The molecule has 120 valence electrons. The Hall–Kier alpha value is -0.330. The lowest BCUT2D eigenvalue weighted by atomic mass is 10.0. The van der Waals surface area contributed by atoms with Gasteiger partial charge in [0.1, 0.15) is 6.17 Å². The molecule has 0 amide bonds. The SMILES string of the molecule is C=CCCCCCCC[C@H](F)CCCCCCCCC. The third kappa shape index (κ3) is 15.7. The molecule has 0 aliphatic rings. The van der Waals surface area contributed by atoms with Gasteiger partial charge in [0, 0.05) is 0 Å². The number of hydrogen-bond acceptors (Lipinski definition) is 0. The van der Waals surface area contributed by atoms with Crippen molar-refractivity contribution in [1.82, 2.24) is 0 Å². The summed E-state index contributed by atoms with van der Waals surface area (Å²) in [5.74, 6) is 0.